The molecule has 2 fully saturated rings. The normalized spacial score (nSPS) is 26.4. The van der Waals surface area contributed by atoms with Gasteiger partial charge in [0, 0.05) is 24.8 Å². The fourth-order valence-corrected chi connectivity index (χ4v) is 4.18. The van der Waals surface area contributed by atoms with Crippen molar-refractivity contribution in [3.05, 3.63) is 0 Å². The van der Waals surface area contributed by atoms with Crippen LogP contribution in [0.4, 0.5) is 0 Å². The number of hydrogen-bond acceptors (Lipinski definition) is 3. The predicted molar refractivity (Wildman–Crippen MR) is 87.3 cm³/mol. The van der Waals surface area contributed by atoms with Crippen LogP contribution in [0.25, 0.3) is 0 Å². The second-order valence-electron chi connectivity index (χ2n) is 6.23. The summed E-state index contributed by atoms with van der Waals surface area (Å²) in [5.41, 5.74) is 0. The molecule has 0 aromatic heterocycles. The lowest BCUT2D eigenvalue weighted by atomic mass is 9.83. The van der Waals surface area contributed by atoms with Gasteiger partial charge in [-0.25, -0.2) is 0 Å². The van der Waals surface area contributed by atoms with Crippen LogP contribution >= 0.6 is 11.8 Å². The standard InChI is InChI=1S/C16H28N2O2S/c1-3-21-11-12(2)18-10-9-14(19)17-15(16(18)20)13-7-5-4-6-8-13/h12-13,15H,3-11H2,1-2H3,(H,17,19). The van der Waals surface area contributed by atoms with Gasteiger partial charge in [0.1, 0.15) is 6.04 Å². The van der Waals surface area contributed by atoms with Gasteiger partial charge in [0.05, 0.1) is 0 Å². The Kier molecular flexibility index (Phi) is 6.40. The zero-order valence-corrected chi connectivity index (χ0v) is 14.1. The molecule has 0 bridgehead atoms. The van der Waals surface area contributed by atoms with Crippen molar-refractivity contribution >= 4 is 23.6 Å². The van der Waals surface area contributed by atoms with Crippen molar-refractivity contribution in [2.75, 3.05) is 18.1 Å². The Labute approximate surface area is 132 Å². The first-order valence-corrected chi connectivity index (χ1v) is 9.46. The molecular formula is C16H28N2O2S. The molecule has 2 rings (SSSR count). The zero-order valence-electron chi connectivity index (χ0n) is 13.3. The van der Waals surface area contributed by atoms with Gasteiger partial charge in [-0.15, -0.1) is 0 Å². The molecule has 2 unspecified atom stereocenters. The predicted octanol–water partition coefficient (Wildman–Crippen LogP) is 2.43. The van der Waals surface area contributed by atoms with Crippen LogP contribution in [-0.2, 0) is 9.59 Å². The minimum Gasteiger partial charge on any atom is -0.344 e. The molecule has 0 aromatic carbocycles. The van der Waals surface area contributed by atoms with E-state index in [9.17, 15) is 9.59 Å². The van der Waals surface area contributed by atoms with Crippen molar-refractivity contribution < 1.29 is 9.59 Å². The van der Waals surface area contributed by atoms with Crippen LogP contribution in [0.3, 0.4) is 0 Å². The lowest BCUT2D eigenvalue weighted by Gasteiger charge is -2.34. The summed E-state index contributed by atoms with van der Waals surface area (Å²) in [6.07, 6.45) is 6.22. The lowest BCUT2D eigenvalue weighted by molar-refractivity contribution is -0.136. The van der Waals surface area contributed by atoms with Crippen molar-refractivity contribution in [1.29, 1.82) is 0 Å². The molecular weight excluding hydrogens is 284 g/mol. The Morgan fingerprint density at radius 2 is 2.00 bits per heavy atom. The molecule has 0 aromatic rings. The SMILES string of the molecule is CCSCC(C)N1CCC(=O)NC(C2CCCCC2)C1=O. The number of amides is 2. The summed E-state index contributed by atoms with van der Waals surface area (Å²) in [5, 5.41) is 3.00. The number of nitrogens with zero attached hydrogens (tertiary/aromatic N) is 1. The molecule has 0 radical (unpaired) electrons. The van der Waals surface area contributed by atoms with Gasteiger partial charge < -0.3 is 10.2 Å². The third kappa shape index (κ3) is 4.38. The minimum absolute atomic E-state index is 0.0387. The molecule has 2 amide bonds. The summed E-state index contributed by atoms with van der Waals surface area (Å²) >= 11 is 1.86. The lowest BCUT2D eigenvalue weighted by Crippen LogP contribution is -2.52. The highest BCUT2D eigenvalue weighted by Gasteiger charge is 2.37. The number of thioether (sulfide) groups is 1. The van der Waals surface area contributed by atoms with Crippen LogP contribution in [-0.4, -0.2) is 46.8 Å². The number of hydrogen-bond donors (Lipinski definition) is 1. The summed E-state index contributed by atoms with van der Waals surface area (Å²) in [6, 6.07) is -0.0735. The Hall–Kier alpha value is -0.710. The number of nitrogens with one attached hydrogen (secondary N) is 1. The average Bonchev–Trinajstić information content (AvgIpc) is 2.65. The van der Waals surface area contributed by atoms with Crippen molar-refractivity contribution in [1.82, 2.24) is 10.2 Å². The first-order valence-electron chi connectivity index (χ1n) is 8.31. The fourth-order valence-electron chi connectivity index (χ4n) is 3.42. The summed E-state index contributed by atoms with van der Waals surface area (Å²) in [7, 11) is 0. The van der Waals surface area contributed by atoms with Crippen LogP contribution in [0.15, 0.2) is 0 Å². The van der Waals surface area contributed by atoms with Gasteiger partial charge >= 0.3 is 0 Å². The van der Waals surface area contributed by atoms with E-state index in [2.05, 4.69) is 19.2 Å². The highest BCUT2D eigenvalue weighted by Crippen LogP contribution is 2.28. The van der Waals surface area contributed by atoms with Gasteiger partial charge in [0.15, 0.2) is 0 Å². The van der Waals surface area contributed by atoms with Crippen LogP contribution in [0.5, 0.6) is 0 Å². The number of carbonyl (C=O) groups excluding carboxylic acids is 2. The molecule has 2 atom stereocenters. The van der Waals surface area contributed by atoms with Crippen molar-refractivity contribution in [2.24, 2.45) is 5.92 Å². The van der Waals surface area contributed by atoms with E-state index in [-0.39, 0.29) is 23.9 Å². The van der Waals surface area contributed by atoms with Crippen molar-refractivity contribution in [3.63, 3.8) is 0 Å². The topological polar surface area (TPSA) is 49.4 Å². The van der Waals surface area contributed by atoms with E-state index in [4.69, 9.17) is 0 Å². The van der Waals surface area contributed by atoms with E-state index in [1.54, 1.807) is 0 Å². The van der Waals surface area contributed by atoms with E-state index < -0.39 is 0 Å². The second kappa shape index (κ2) is 8.06. The largest absolute Gasteiger partial charge is 0.344 e. The molecule has 1 aliphatic carbocycles. The monoisotopic (exact) mass is 312 g/mol. The van der Waals surface area contributed by atoms with E-state index in [1.807, 2.05) is 16.7 Å². The maximum Gasteiger partial charge on any atom is 0.245 e. The maximum absolute atomic E-state index is 12.9. The van der Waals surface area contributed by atoms with Crippen LogP contribution in [0, 0.1) is 5.92 Å². The molecule has 4 nitrogen and oxygen atoms in total. The Balaban J connectivity index is 2.07. The van der Waals surface area contributed by atoms with Crippen molar-refractivity contribution in [2.45, 2.75) is 64.5 Å². The van der Waals surface area contributed by atoms with Crippen LogP contribution in [0.2, 0.25) is 0 Å². The number of carbonyl (C=O) groups is 2. The smallest absolute Gasteiger partial charge is 0.245 e. The molecule has 1 aliphatic heterocycles. The zero-order chi connectivity index (χ0) is 15.2. The minimum atomic E-state index is -0.283. The molecule has 5 heteroatoms. The van der Waals surface area contributed by atoms with Gasteiger partial charge in [0.25, 0.3) is 0 Å². The molecule has 21 heavy (non-hydrogen) atoms. The van der Waals surface area contributed by atoms with Crippen LogP contribution in [0.1, 0.15) is 52.4 Å². The third-order valence-electron chi connectivity index (χ3n) is 4.66. The Morgan fingerprint density at radius 3 is 2.67 bits per heavy atom. The molecule has 1 N–H and O–H groups in total. The van der Waals surface area contributed by atoms with Gasteiger partial charge in [-0.1, -0.05) is 26.2 Å². The summed E-state index contributed by atoms with van der Waals surface area (Å²) in [4.78, 5) is 26.8. The van der Waals surface area contributed by atoms with Crippen molar-refractivity contribution in [3.8, 4) is 0 Å². The first kappa shape index (κ1) is 16.7. The molecule has 2 aliphatic rings. The van der Waals surface area contributed by atoms with Gasteiger partial charge in [-0.3, -0.25) is 9.59 Å². The molecule has 1 saturated heterocycles. The summed E-state index contributed by atoms with van der Waals surface area (Å²) in [5.74, 6) is 2.54. The maximum atomic E-state index is 12.9. The van der Waals surface area contributed by atoms with E-state index >= 15 is 0 Å². The average molecular weight is 312 g/mol. The van der Waals surface area contributed by atoms with E-state index in [0.717, 1.165) is 24.3 Å². The Morgan fingerprint density at radius 1 is 1.29 bits per heavy atom. The van der Waals surface area contributed by atoms with Gasteiger partial charge in [0.2, 0.25) is 11.8 Å². The molecule has 1 heterocycles. The highest BCUT2D eigenvalue weighted by atomic mass is 32.2. The molecule has 120 valence electrons. The summed E-state index contributed by atoms with van der Waals surface area (Å²) < 4.78 is 0. The van der Waals surface area contributed by atoms with Gasteiger partial charge in [-0.2, -0.15) is 11.8 Å². The van der Waals surface area contributed by atoms with E-state index in [0.29, 0.717) is 18.9 Å². The summed E-state index contributed by atoms with van der Waals surface area (Å²) in [6.45, 7) is 4.81. The first-order chi connectivity index (χ1) is 10.1. The van der Waals surface area contributed by atoms with Crippen LogP contribution < -0.4 is 5.32 Å². The number of rotatable bonds is 5. The highest BCUT2D eigenvalue weighted by molar-refractivity contribution is 7.99. The quantitative estimate of drug-likeness (QED) is 0.848. The molecule has 0 spiro atoms. The van der Waals surface area contributed by atoms with Gasteiger partial charge in [-0.05, 0) is 31.4 Å². The second-order valence-corrected chi connectivity index (χ2v) is 7.55. The Bertz CT molecular complexity index is 369. The fraction of sp³-hybridized carbons (Fsp3) is 0.875. The molecule has 1 saturated carbocycles. The van der Waals surface area contributed by atoms with E-state index in [1.165, 1.54) is 19.3 Å². The third-order valence-corrected chi connectivity index (χ3v) is 5.79.